The van der Waals surface area contributed by atoms with Gasteiger partial charge in [0.1, 0.15) is 5.82 Å². The molecule has 4 N–H and O–H groups in total. The van der Waals surface area contributed by atoms with Gasteiger partial charge in [0.25, 0.3) is 0 Å². The predicted molar refractivity (Wildman–Crippen MR) is 60.3 cm³/mol. The molecule has 0 bridgehead atoms. The van der Waals surface area contributed by atoms with Crippen LogP contribution in [0.5, 0.6) is 0 Å². The van der Waals surface area contributed by atoms with Gasteiger partial charge >= 0.3 is 0 Å². The number of rotatable bonds is 4. The third-order valence-corrected chi connectivity index (χ3v) is 1.89. The van der Waals surface area contributed by atoms with E-state index in [0.717, 1.165) is 12.2 Å². The van der Waals surface area contributed by atoms with Crippen LogP contribution >= 0.6 is 0 Å². The normalized spacial score (nSPS) is 11.4. The first-order valence-electron chi connectivity index (χ1n) is 4.68. The summed E-state index contributed by atoms with van der Waals surface area (Å²) in [6.07, 6.45) is 1.74. The Morgan fingerprint density at radius 3 is 2.64 bits per heavy atom. The van der Waals surface area contributed by atoms with Crippen LogP contribution in [0.4, 0.5) is 11.5 Å². The molecule has 1 rings (SSSR count). The van der Waals surface area contributed by atoms with Gasteiger partial charge in [-0.05, 0) is 33.0 Å². The summed E-state index contributed by atoms with van der Waals surface area (Å²) in [7, 11) is 1.94. The summed E-state index contributed by atoms with van der Waals surface area (Å²) >= 11 is 0. The van der Waals surface area contributed by atoms with E-state index in [9.17, 15) is 0 Å². The molecule has 4 nitrogen and oxygen atoms in total. The Labute approximate surface area is 84.9 Å². The first kappa shape index (κ1) is 10.8. The van der Waals surface area contributed by atoms with Crippen molar-refractivity contribution in [3.8, 4) is 0 Å². The summed E-state index contributed by atoms with van der Waals surface area (Å²) in [5.41, 5.74) is 6.49. The van der Waals surface area contributed by atoms with E-state index in [1.54, 1.807) is 12.3 Å². The Morgan fingerprint density at radius 2 is 2.14 bits per heavy atom. The second-order valence-electron chi connectivity index (χ2n) is 4.01. The first-order valence-corrected chi connectivity index (χ1v) is 4.68. The fraction of sp³-hybridized carbons (Fsp3) is 0.500. The van der Waals surface area contributed by atoms with E-state index in [1.165, 1.54) is 0 Å². The molecule has 1 aromatic heterocycles. The van der Waals surface area contributed by atoms with Crippen molar-refractivity contribution in [2.24, 2.45) is 0 Å². The SMILES string of the molecule is CNCC(C)(C)Nc1ccc(N)nc1. The van der Waals surface area contributed by atoms with Gasteiger partial charge in [0.15, 0.2) is 0 Å². The Balaban J connectivity index is 2.64. The van der Waals surface area contributed by atoms with E-state index in [2.05, 4.69) is 29.5 Å². The Kier molecular flexibility index (Phi) is 3.30. The third kappa shape index (κ3) is 3.22. The molecule has 4 heteroatoms. The zero-order valence-corrected chi connectivity index (χ0v) is 8.96. The number of hydrogen-bond acceptors (Lipinski definition) is 4. The molecule has 1 heterocycles. The first-order chi connectivity index (χ1) is 6.53. The quantitative estimate of drug-likeness (QED) is 0.671. The highest BCUT2D eigenvalue weighted by Gasteiger charge is 2.15. The number of anilines is 2. The van der Waals surface area contributed by atoms with Gasteiger partial charge in [0.05, 0.1) is 11.9 Å². The average molecular weight is 194 g/mol. The van der Waals surface area contributed by atoms with Crippen LogP contribution in [-0.4, -0.2) is 24.1 Å². The lowest BCUT2D eigenvalue weighted by atomic mass is 10.1. The second kappa shape index (κ2) is 4.28. The van der Waals surface area contributed by atoms with E-state index in [1.807, 2.05) is 13.1 Å². The van der Waals surface area contributed by atoms with Crippen molar-refractivity contribution in [2.75, 3.05) is 24.6 Å². The Morgan fingerprint density at radius 1 is 1.43 bits per heavy atom. The number of aromatic nitrogens is 1. The molecule has 0 aliphatic heterocycles. The summed E-state index contributed by atoms with van der Waals surface area (Å²) < 4.78 is 0. The molecule has 0 amide bonds. The van der Waals surface area contributed by atoms with E-state index >= 15 is 0 Å². The Bertz CT molecular complexity index is 279. The number of nitrogens with one attached hydrogen (secondary N) is 2. The molecule has 0 saturated carbocycles. The monoisotopic (exact) mass is 194 g/mol. The molecule has 0 aliphatic carbocycles. The molecule has 0 saturated heterocycles. The molecule has 14 heavy (non-hydrogen) atoms. The zero-order chi connectivity index (χ0) is 10.6. The van der Waals surface area contributed by atoms with Crippen LogP contribution in [0.2, 0.25) is 0 Å². The van der Waals surface area contributed by atoms with Gasteiger partial charge < -0.3 is 16.4 Å². The standard InChI is InChI=1S/C10H18N4/c1-10(2,7-12-3)14-8-4-5-9(11)13-6-8/h4-6,12,14H,7H2,1-3H3,(H2,11,13). The molecular formula is C10H18N4. The lowest BCUT2D eigenvalue weighted by Crippen LogP contribution is -2.40. The molecule has 0 aliphatic rings. The maximum absolute atomic E-state index is 5.50. The summed E-state index contributed by atoms with van der Waals surface area (Å²) in [6.45, 7) is 5.14. The van der Waals surface area contributed by atoms with Crippen molar-refractivity contribution in [3.63, 3.8) is 0 Å². The summed E-state index contributed by atoms with van der Waals surface area (Å²) in [6, 6.07) is 3.72. The molecular weight excluding hydrogens is 176 g/mol. The van der Waals surface area contributed by atoms with E-state index in [4.69, 9.17) is 5.73 Å². The van der Waals surface area contributed by atoms with Gasteiger partial charge in [-0.3, -0.25) is 0 Å². The number of likely N-dealkylation sites (N-methyl/N-ethyl adjacent to an activating group) is 1. The molecule has 0 atom stereocenters. The van der Waals surface area contributed by atoms with Crippen molar-refractivity contribution in [1.82, 2.24) is 10.3 Å². The van der Waals surface area contributed by atoms with Crippen LogP contribution in [-0.2, 0) is 0 Å². The molecule has 78 valence electrons. The van der Waals surface area contributed by atoms with Gasteiger partial charge in [-0.15, -0.1) is 0 Å². The van der Waals surface area contributed by atoms with Gasteiger partial charge in [-0.2, -0.15) is 0 Å². The fourth-order valence-electron chi connectivity index (χ4n) is 1.36. The van der Waals surface area contributed by atoms with Crippen LogP contribution in [0.1, 0.15) is 13.8 Å². The molecule has 0 fully saturated rings. The molecule has 0 unspecified atom stereocenters. The predicted octanol–water partition coefficient (Wildman–Crippen LogP) is 1.07. The fourth-order valence-corrected chi connectivity index (χ4v) is 1.36. The molecule has 1 aromatic rings. The Hall–Kier alpha value is -1.29. The van der Waals surface area contributed by atoms with Crippen LogP contribution < -0.4 is 16.4 Å². The van der Waals surface area contributed by atoms with Gasteiger partial charge in [-0.1, -0.05) is 0 Å². The smallest absolute Gasteiger partial charge is 0.123 e. The van der Waals surface area contributed by atoms with Crippen molar-refractivity contribution < 1.29 is 0 Å². The highest BCUT2D eigenvalue weighted by Crippen LogP contribution is 2.13. The summed E-state index contributed by atoms with van der Waals surface area (Å²) in [5, 5.41) is 6.50. The second-order valence-corrected chi connectivity index (χ2v) is 4.01. The maximum Gasteiger partial charge on any atom is 0.123 e. The number of hydrogen-bond donors (Lipinski definition) is 3. The number of nitrogens with zero attached hydrogens (tertiary/aromatic N) is 1. The minimum absolute atomic E-state index is 0.00649. The lowest BCUT2D eigenvalue weighted by Gasteiger charge is -2.27. The summed E-state index contributed by atoms with van der Waals surface area (Å²) in [5.74, 6) is 0.543. The van der Waals surface area contributed by atoms with E-state index in [0.29, 0.717) is 5.82 Å². The van der Waals surface area contributed by atoms with Crippen LogP contribution in [0.3, 0.4) is 0 Å². The molecule has 0 spiro atoms. The van der Waals surface area contributed by atoms with Crippen molar-refractivity contribution in [3.05, 3.63) is 18.3 Å². The molecule has 0 aromatic carbocycles. The average Bonchev–Trinajstić information content (AvgIpc) is 2.08. The van der Waals surface area contributed by atoms with Gasteiger partial charge in [0, 0.05) is 12.1 Å². The van der Waals surface area contributed by atoms with Crippen molar-refractivity contribution in [2.45, 2.75) is 19.4 Å². The highest BCUT2D eigenvalue weighted by molar-refractivity contribution is 5.47. The largest absolute Gasteiger partial charge is 0.384 e. The van der Waals surface area contributed by atoms with E-state index < -0.39 is 0 Å². The van der Waals surface area contributed by atoms with Crippen molar-refractivity contribution >= 4 is 11.5 Å². The van der Waals surface area contributed by atoms with Crippen LogP contribution in [0, 0.1) is 0 Å². The summed E-state index contributed by atoms with van der Waals surface area (Å²) in [4.78, 5) is 4.02. The zero-order valence-electron chi connectivity index (χ0n) is 8.96. The maximum atomic E-state index is 5.50. The minimum Gasteiger partial charge on any atom is -0.384 e. The van der Waals surface area contributed by atoms with Crippen LogP contribution in [0.15, 0.2) is 18.3 Å². The third-order valence-electron chi connectivity index (χ3n) is 1.89. The molecule has 0 radical (unpaired) electrons. The van der Waals surface area contributed by atoms with Crippen molar-refractivity contribution in [1.29, 1.82) is 0 Å². The van der Waals surface area contributed by atoms with Crippen LogP contribution in [0.25, 0.3) is 0 Å². The minimum atomic E-state index is 0.00649. The van der Waals surface area contributed by atoms with Gasteiger partial charge in [0.2, 0.25) is 0 Å². The lowest BCUT2D eigenvalue weighted by molar-refractivity contribution is 0.530. The van der Waals surface area contributed by atoms with Gasteiger partial charge in [-0.25, -0.2) is 4.98 Å². The number of pyridine rings is 1. The highest BCUT2D eigenvalue weighted by atomic mass is 15.0. The number of nitrogens with two attached hydrogens (primary N) is 1. The van der Waals surface area contributed by atoms with E-state index in [-0.39, 0.29) is 5.54 Å². The topological polar surface area (TPSA) is 63.0 Å². The number of nitrogen functional groups attached to an aromatic ring is 1.